The van der Waals surface area contributed by atoms with Crippen LogP contribution in [0.25, 0.3) is 0 Å². The summed E-state index contributed by atoms with van der Waals surface area (Å²) >= 11 is 0. The van der Waals surface area contributed by atoms with Gasteiger partial charge in [0.25, 0.3) is 0 Å². The van der Waals surface area contributed by atoms with Crippen LogP contribution in [0.5, 0.6) is 0 Å². The maximum absolute atomic E-state index is 12.1. The van der Waals surface area contributed by atoms with Gasteiger partial charge >= 0.3 is 0 Å². The lowest BCUT2D eigenvalue weighted by Crippen LogP contribution is -2.46. The Hall–Kier alpha value is -1.84. The van der Waals surface area contributed by atoms with Gasteiger partial charge in [0.2, 0.25) is 11.8 Å². The van der Waals surface area contributed by atoms with Crippen LogP contribution in [0.1, 0.15) is 53.5 Å². The van der Waals surface area contributed by atoms with E-state index in [9.17, 15) is 9.59 Å². The molecule has 4 heteroatoms. The Bertz CT molecular complexity index is 530. The Kier molecular flexibility index (Phi) is 6.37. The van der Waals surface area contributed by atoms with Crippen LogP contribution in [-0.4, -0.2) is 24.4 Å². The Morgan fingerprint density at radius 1 is 1.04 bits per heavy atom. The van der Waals surface area contributed by atoms with Gasteiger partial charge in [0.05, 0.1) is 0 Å². The fraction of sp³-hybridized carbons (Fsp3) is 0.579. The molecular weight excluding hydrogens is 288 g/mol. The minimum atomic E-state index is -0.431. The molecule has 1 aromatic carbocycles. The maximum Gasteiger partial charge on any atom is 0.225 e. The molecule has 0 heterocycles. The van der Waals surface area contributed by atoms with Crippen molar-refractivity contribution in [3.05, 3.63) is 35.9 Å². The molecule has 23 heavy (non-hydrogen) atoms. The zero-order valence-corrected chi connectivity index (χ0v) is 15.2. The first-order valence-electron chi connectivity index (χ1n) is 8.18. The third kappa shape index (κ3) is 5.70. The quantitative estimate of drug-likeness (QED) is 0.847. The lowest BCUT2D eigenvalue weighted by atomic mass is 9.78. The van der Waals surface area contributed by atoms with Crippen molar-refractivity contribution in [2.24, 2.45) is 5.41 Å². The van der Waals surface area contributed by atoms with E-state index >= 15 is 0 Å². The van der Waals surface area contributed by atoms with Gasteiger partial charge in [-0.05, 0) is 12.5 Å². The first-order chi connectivity index (χ1) is 10.5. The molecule has 2 N–H and O–H groups in total. The summed E-state index contributed by atoms with van der Waals surface area (Å²) in [6, 6.07) is 10.1. The van der Waals surface area contributed by atoms with E-state index in [4.69, 9.17) is 0 Å². The Balaban J connectivity index is 2.49. The second-order valence-electron chi connectivity index (χ2n) is 7.63. The van der Waals surface area contributed by atoms with E-state index in [1.165, 1.54) is 5.56 Å². The van der Waals surface area contributed by atoms with Crippen molar-refractivity contribution in [1.29, 1.82) is 0 Å². The molecule has 0 aliphatic heterocycles. The summed E-state index contributed by atoms with van der Waals surface area (Å²) in [5.74, 6) is -0.0846. The van der Waals surface area contributed by atoms with Crippen LogP contribution in [0.3, 0.4) is 0 Å². The normalized spacial score (nSPS) is 13.3. The largest absolute Gasteiger partial charge is 0.355 e. The summed E-state index contributed by atoms with van der Waals surface area (Å²) < 4.78 is 0. The molecule has 0 saturated carbocycles. The van der Waals surface area contributed by atoms with Gasteiger partial charge in [-0.1, -0.05) is 65.0 Å². The number of amides is 2. The molecular formula is C19H30N2O2. The third-order valence-electron chi connectivity index (χ3n) is 4.30. The maximum atomic E-state index is 12.1. The predicted octanol–water partition coefficient (Wildman–Crippen LogP) is 3.02. The molecule has 2 amide bonds. The number of carbonyl (C=O) groups excluding carboxylic acids is 2. The molecule has 0 radical (unpaired) electrons. The molecule has 0 aromatic heterocycles. The molecule has 0 aliphatic carbocycles. The summed E-state index contributed by atoms with van der Waals surface area (Å²) in [4.78, 5) is 23.9. The van der Waals surface area contributed by atoms with Crippen LogP contribution >= 0.6 is 0 Å². The minimum absolute atomic E-state index is 0.00397. The smallest absolute Gasteiger partial charge is 0.225 e. The van der Waals surface area contributed by atoms with Gasteiger partial charge < -0.3 is 10.6 Å². The molecule has 0 bridgehead atoms. The van der Waals surface area contributed by atoms with Crippen molar-refractivity contribution in [1.82, 2.24) is 10.6 Å². The van der Waals surface area contributed by atoms with Gasteiger partial charge in [-0.15, -0.1) is 0 Å². The van der Waals surface area contributed by atoms with Crippen molar-refractivity contribution >= 4 is 11.8 Å². The lowest BCUT2D eigenvalue weighted by molar-refractivity contribution is -0.128. The van der Waals surface area contributed by atoms with Crippen molar-refractivity contribution < 1.29 is 9.59 Å². The van der Waals surface area contributed by atoms with Crippen LogP contribution in [-0.2, 0) is 15.0 Å². The van der Waals surface area contributed by atoms with Crippen LogP contribution < -0.4 is 10.6 Å². The summed E-state index contributed by atoms with van der Waals surface area (Å²) in [7, 11) is 0. The number of hydrogen-bond donors (Lipinski definition) is 2. The zero-order chi connectivity index (χ0) is 17.7. The number of carbonyl (C=O) groups is 2. The molecule has 128 valence electrons. The van der Waals surface area contributed by atoms with Crippen molar-refractivity contribution in [3.8, 4) is 0 Å². The average molecular weight is 318 g/mol. The minimum Gasteiger partial charge on any atom is -0.355 e. The predicted molar refractivity (Wildman–Crippen MR) is 94.2 cm³/mol. The highest BCUT2D eigenvalue weighted by molar-refractivity contribution is 5.82. The van der Waals surface area contributed by atoms with Crippen LogP contribution in [0.2, 0.25) is 0 Å². The van der Waals surface area contributed by atoms with Crippen LogP contribution in [0, 0.1) is 5.41 Å². The third-order valence-corrected chi connectivity index (χ3v) is 4.30. The van der Waals surface area contributed by atoms with Gasteiger partial charge in [0.15, 0.2) is 0 Å². The summed E-state index contributed by atoms with van der Waals surface area (Å²) in [6.07, 6.45) is 0.289. The summed E-state index contributed by atoms with van der Waals surface area (Å²) in [5, 5.41) is 5.84. The number of benzene rings is 1. The monoisotopic (exact) mass is 318 g/mol. The number of hydrogen-bond acceptors (Lipinski definition) is 2. The topological polar surface area (TPSA) is 58.2 Å². The lowest BCUT2D eigenvalue weighted by Gasteiger charge is -2.33. The van der Waals surface area contributed by atoms with Gasteiger partial charge in [0.1, 0.15) is 0 Å². The van der Waals surface area contributed by atoms with Gasteiger partial charge in [-0.3, -0.25) is 9.59 Å². The summed E-state index contributed by atoms with van der Waals surface area (Å²) in [5.41, 5.74) is 0.596. The van der Waals surface area contributed by atoms with E-state index in [0.29, 0.717) is 6.54 Å². The number of nitrogens with one attached hydrogen (secondary N) is 2. The average Bonchev–Trinajstić information content (AvgIpc) is 2.46. The molecule has 4 nitrogen and oxygen atoms in total. The van der Waals surface area contributed by atoms with E-state index in [2.05, 4.69) is 36.6 Å². The fourth-order valence-electron chi connectivity index (χ4n) is 2.17. The van der Waals surface area contributed by atoms with E-state index < -0.39 is 5.41 Å². The van der Waals surface area contributed by atoms with Crippen molar-refractivity contribution in [3.63, 3.8) is 0 Å². The van der Waals surface area contributed by atoms with Gasteiger partial charge in [-0.2, -0.15) is 0 Å². The summed E-state index contributed by atoms with van der Waals surface area (Å²) in [6.45, 7) is 12.2. The molecule has 0 aliphatic rings. The standard InChI is InChI=1S/C19H30N2O2/c1-14(19(5,6)15-10-8-7-9-11-15)21-16(22)12-13-20-17(23)18(2,3)4/h7-11,14H,12-13H2,1-6H3,(H,20,23)(H,21,22)/t14-/m1/s1. The molecule has 0 unspecified atom stereocenters. The molecule has 1 atom stereocenters. The van der Waals surface area contributed by atoms with Gasteiger partial charge in [-0.25, -0.2) is 0 Å². The highest BCUT2D eigenvalue weighted by atomic mass is 16.2. The first kappa shape index (κ1) is 19.2. The van der Waals surface area contributed by atoms with E-state index in [1.807, 2.05) is 45.9 Å². The van der Waals surface area contributed by atoms with E-state index in [0.717, 1.165) is 0 Å². The van der Waals surface area contributed by atoms with E-state index in [-0.39, 0.29) is 29.7 Å². The Morgan fingerprint density at radius 2 is 1.61 bits per heavy atom. The molecule has 0 spiro atoms. The van der Waals surface area contributed by atoms with Crippen molar-refractivity contribution in [2.45, 2.75) is 59.4 Å². The zero-order valence-electron chi connectivity index (χ0n) is 15.2. The molecule has 0 saturated heterocycles. The second kappa shape index (κ2) is 7.62. The van der Waals surface area contributed by atoms with Crippen LogP contribution in [0.4, 0.5) is 0 Å². The first-order valence-corrected chi connectivity index (χ1v) is 8.18. The Morgan fingerprint density at radius 3 is 2.13 bits per heavy atom. The highest BCUT2D eigenvalue weighted by Crippen LogP contribution is 2.26. The highest BCUT2D eigenvalue weighted by Gasteiger charge is 2.29. The molecule has 1 aromatic rings. The van der Waals surface area contributed by atoms with E-state index in [1.54, 1.807) is 0 Å². The van der Waals surface area contributed by atoms with Crippen molar-refractivity contribution in [2.75, 3.05) is 6.54 Å². The number of rotatable bonds is 6. The second-order valence-corrected chi connectivity index (χ2v) is 7.63. The van der Waals surface area contributed by atoms with Crippen LogP contribution in [0.15, 0.2) is 30.3 Å². The SMILES string of the molecule is C[C@@H](NC(=O)CCNC(=O)C(C)(C)C)C(C)(C)c1ccccc1. The Labute approximate surface area is 140 Å². The fourth-order valence-corrected chi connectivity index (χ4v) is 2.17. The molecule has 0 fully saturated rings. The van der Waals surface area contributed by atoms with Gasteiger partial charge in [0, 0.05) is 29.8 Å². The molecule has 1 rings (SSSR count).